The van der Waals surface area contributed by atoms with Crippen LogP contribution in [0.25, 0.3) is 5.52 Å². The number of carbonyl (C=O) groups is 1. The van der Waals surface area contributed by atoms with Crippen LogP contribution in [0.1, 0.15) is 21.9 Å². The average Bonchev–Trinajstić information content (AvgIpc) is 3.09. The van der Waals surface area contributed by atoms with E-state index in [-0.39, 0.29) is 17.3 Å². The van der Waals surface area contributed by atoms with Crippen molar-refractivity contribution in [1.29, 1.82) is 5.26 Å². The lowest BCUT2D eigenvalue weighted by molar-refractivity contribution is -0.910. The number of amides is 1. The van der Waals surface area contributed by atoms with Crippen molar-refractivity contribution in [2.75, 3.05) is 29.9 Å². The van der Waals surface area contributed by atoms with Crippen molar-refractivity contribution in [3.05, 3.63) is 59.8 Å². The monoisotopic (exact) mass is 411 g/mol. The summed E-state index contributed by atoms with van der Waals surface area (Å²) in [6.45, 7) is 1.61. The van der Waals surface area contributed by atoms with Gasteiger partial charge in [0, 0.05) is 12.4 Å². The normalized spacial score (nSPS) is 16.4. The molecule has 4 rings (SSSR count). The Kier molecular flexibility index (Phi) is 5.00. The van der Waals surface area contributed by atoms with Crippen LogP contribution in [0.3, 0.4) is 0 Å². The summed E-state index contributed by atoms with van der Waals surface area (Å²) in [7, 11) is -2.94. The van der Waals surface area contributed by atoms with Crippen LogP contribution in [0.2, 0.25) is 0 Å². The Morgan fingerprint density at radius 2 is 2.03 bits per heavy atom. The number of pyridine rings is 2. The van der Waals surface area contributed by atoms with Gasteiger partial charge in [0.15, 0.2) is 9.84 Å². The number of aromatic nitrogens is 3. The van der Waals surface area contributed by atoms with Crippen LogP contribution in [0, 0.1) is 11.3 Å². The molecular formula is C19H19N6O3S+. The van der Waals surface area contributed by atoms with Gasteiger partial charge in [0.25, 0.3) is 5.91 Å². The van der Waals surface area contributed by atoms with E-state index in [0.29, 0.717) is 31.0 Å². The van der Waals surface area contributed by atoms with Crippen LogP contribution in [0.15, 0.2) is 42.7 Å². The van der Waals surface area contributed by atoms with Crippen LogP contribution in [0.5, 0.6) is 0 Å². The van der Waals surface area contributed by atoms with Crippen LogP contribution >= 0.6 is 0 Å². The number of nitrogens with one attached hydrogen (secondary N) is 2. The van der Waals surface area contributed by atoms with Gasteiger partial charge in [0.2, 0.25) is 5.82 Å². The number of nitriles is 1. The summed E-state index contributed by atoms with van der Waals surface area (Å²) in [6, 6.07) is 10.7. The number of fused-ring (bicyclic) bond motifs is 1. The molecule has 2 N–H and O–H groups in total. The highest BCUT2D eigenvalue weighted by atomic mass is 32.2. The zero-order chi connectivity index (χ0) is 20.4. The summed E-state index contributed by atoms with van der Waals surface area (Å²) in [4.78, 5) is 22.5. The molecule has 9 nitrogen and oxygen atoms in total. The number of carbonyl (C=O) groups excluding carboxylic acids is 1. The molecule has 1 fully saturated rings. The summed E-state index contributed by atoms with van der Waals surface area (Å²) >= 11 is 0. The number of anilines is 1. The largest absolute Gasteiger partial charge is 0.328 e. The second-order valence-corrected chi connectivity index (χ2v) is 9.22. The van der Waals surface area contributed by atoms with Crippen molar-refractivity contribution >= 4 is 27.1 Å². The number of quaternary nitrogens is 1. The molecule has 1 aliphatic rings. The Bertz CT molecular complexity index is 1200. The molecule has 148 valence electrons. The van der Waals surface area contributed by atoms with Crippen molar-refractivity contribution in [2.24, 2.45) is 0 Å². The van der Waals surface area contributed by atoms with Crippen LogP contribution in [-0.4, -0.2) is 53.3 Å². The lowest BCUT2D eigenvalue weighted by Gasteiger charge is -2.22. The second kappa shape index (κ2) is 7.62. The van der Waals surface area contributed by atoms with E-state index in [1.165, 1.54) is 6.20 Å². The zero-order valence-corrected chi connectivity index (χ0v) is 16.3. The smallest absolute Gasteiger partial charge is 0.293 e. The molecular weight excluding hydrogens is 392 g/mol. The Morgan fingerprint density at radius 1 is 1.24 bits per heavy atom. The molecule has 1 amide bonds. The van der Waals surface area contributed by atoms with Gasteiger partial charge in [0.05, 0.1) is 35.7 Å². The molecule has 4 heterocycles. The molecule has 10 heteroatoms. The van der Waals surface area contributed by atoms with Gasteiger partial charge in [-0.25, -0.2) is 18.4 Å². The van der Waals surface area contributed by atoms with Crippen molar-refractivity contribution in [3.8, 4) is 6.07 Å². The Labute approximate surface area is 167 Å². The second-order valence-electron chi connectivity index (χ2n) is 6.91. The molecule has 0 bridgehead atoms. The fourth-order valence-electron chi connectivity index (χ4n) is 3.34. The molecule has 3 aromatic heterocycles. The minimum Gasteiger partial charge on any atom is -0.328 e. The molecule has 0 spiro atoms. The van der Waals surface area contributed by atoms with Gasteiger partial charge in [-0.3, -0.25) is 9.20 Å². The fraction of sp³-hybridized carbons (Fsp3) is 0.263. The maximum absolute atomic E-state index is 12.8. The Hall–Kier alpha value is -3.29. The number of sulfone groups is 1. The highest BCUT2D eigenvalue weighted by Crippen LogP contribution is 2.14. The third kappa shape index (κ3) is 4.11. The van der Waals surface area contributed by atoms with Crippen molar-refractivity contribution in [2.45, 2.75) is 6.54 Å². The number of nitrogens with zero attached hydrogens (tertiary/aromatic N) is 4. The van der Waals surface area contributed by atoms with Gasteiger partial charge < -0.3 is 10.2 Å². The van der Waals surface area contributed by atoms with E-state index in [1.54, 1.807) is 22.7 Å². The first-order valence-electron chi connectivity index (χ1n) is 9.13. The summed E-state index contributed by atoms with van der Waals surface area (Å²) in [5.74, 6) is 0.490. The molecule has 0 aromatic carbocycles. The van der Waals surface area contributed by atoms with Crippen LogP contribution < -0.4 is 10.2 Å². The van der Waals surface area contributed by atoms with Gasteiger partial charge in [0.1, 0.15) is 24.1 Å². The van der Waals surface area contributed by atoms with Gasteiger partial charge in [-0.1, -0.05) is 6.07 Å². The highest BCUT2D eigenvalue weighted by molar-refractivity contribution is 7.91. The van der Waals surface area contributed by atoms with Crippen molar-refractivity contribution in [1.82, 2.24) is 14.4 Å². The van der Waals surface area contributed by atoms with Gasteiger partial charge in [-0.05, 0) is 24.3 Å². The summed E-state index contributed by atoms with van der Waals surface area (Å²) in [5.41, 5.74) is 1.97. The molecule has 1 saturated heterocycles. The molecule has 3 aromatic rings. The van der Waals surface area contributed by atoms with Gasteiger partial charge >= 0.3 is 0 Å². The zero-order valence-electron chi connectivity index (χ0n) is 15.5. The predicted molar refractivity (Wildman–Crippen MR) is 105 cm³/mol. The Morgan fingerprint density at radius 3 is 2.72 bits per heavy atom. The molecule has 29 heavy (non-hydrogen) atoms. The third-order valence-corrected chi connectivity index (χ3v) is 6.56. The van der Waals surface area contributed by atoms with E-state index in [2.05, 4.69) is 15.3 Å². The predicted octanol–water partition coefficient (Wildman–Crippen LogP) is -0.333. The minimum atomic E-state index is -2.94. The quantitative estimate of drug-likeness (QED) is 0.606. The number of rotatable bonds is 4. The molecule has 0 unspecified atom stereocenters. The SMILES string of the molecule is N#Cc1ccc(NC(=O)c2nc(C[NH+]3CCS(=O)(=O)CC3)c3ccccn23)nc1. The van der Waals surface area contributed by atoms with E-state index < -0.39 is 15.7 Å². The van der Waals surface area contributed by atoms with E-state index in [4.69, 9.17) is 5.26 Å². The van der Waals surface area contributed by atoms with Crippen molar-refractivity contribution < 1.29 is 18.1 Å². The Balaban J connectivity index is 1.58. The molecule has 0 aliphatic carbocycles. The third-order valence-electron chi connectivity index (χ3n) is 4.91. The first-order chi connectivity index (χ1) is 13.9. The van der Waals surface area contributed by atoms with E-state index in [1.807, 2.05) is 24.3 Å². The molecule has 1 aliphatic heterocycles. The number of imidazole rings is 1. The number of hydrogen-bond donors (Lipinski definition) is 2. The summed E-state index contributed by atoms with van der Waals surface area (Å²) in [6.07, 6.45) is 3.15. The standard InChI is InChI=1S/C19H18N6O3S/c20-11-14-4-5-17(21-12-14)23-19(26)18-22-15(16-3-1-2-6-25(16)18)13-24-7-9-29(27,28)10-8-24/h1-6,12H,7-10,13H2,(H,21,23,26)/p+1. The molecule has 0 radical (unpaired) electrons. The van der Waals surface area contributed by atoms with E-state index >= 15 is 0 Å². The van der Waals surface area contributed by atoms with Crippen LogP contribution in [0.4, 0.5) is 5.82 Å². The summed E-state index contributed by atoms with van der Waals surface area (Å²) < 4.78 is 25.0. The van der Waals surface area contributed by atoms with Crippen molar-refractivity contribution in [3.63, 3.8) is 0 Å². The highest BCUT2D eigenvalue weighted by Gasteiger charge is 2.27. The average molecular weight is 411 g/mol. The molecule has 0 saturated carbocycles. The first-order valence-corrected chi connectivity index (χ1v) is 10.9. The molecule has 0 atom stereocenters. The fourth-order valence-corrected chi connectivity index (χ4v) is 4.74. The lowest BCUT2D eigenvalue weighted by Crippen LogP contribution is -3.13. The van der Waals surface area contributed by atoms with Crippen LogP contribution in [-0.2, 0) is 16.4 Å². The number of hydrogen-bond acceptors (Lipinski definition) is 6. The minimum absolute atomic E-state index is 0.172. The summed E-state index contributed by atoms with van der Waals surface area (Å²) in [5, 5.41) is 11.5. The maximum atomic E-state index is 12.8. The van der Waals surface area contributed by atoms with E-state index in [0.717, 1.165) is 16.1 Å². The lowest BCUT2D eigenvalue weighted by atomic mass is 10.3. The van der Waals surface area contributed by atoms with Gasteiger partial charge in [-0.15, -0.1) is 0 Å². The van der Waals surface area contributed by atoms with E-state index in [9.17, 15) is 13.2 Å². The maximum Gasteiger partial charge on any atom is 0.293 e. The topological polar surface area (TPSA) is 122 Å². The van der Waals surface area contributed by atoms with Gasteiger partial charge in [-0.2, -0.15) is 5.26 Å². The first kappa shape index (κ1) is 19.0.